The topological polar surface area (TPSA) is 30.5 Å². The second kappa shape index (κ2) is 5.96. The van der Waals surface area contributed by atoms with Gasteiger partial charge in [-0.05, 0) is 28.1 Å². The minimum Gasteiger partial charge on any atom is -0.373 e. The van der Waals surface area contributed by atoms with Crippen molar-refractivity contribution in [1.82, 2.24) is 5.32 Å². The zero-order chi connectivity index (χ0) is 10.5. The number of hydrogen-bond donors (Lipinski definition) is 1. The molecule has 3 nitrogen and oxygen atoms in total. The molecule has 0 amide bonds. The molecule has 0 aromatic carbocycles. The Balaban J connectivity index is 1.65. The lowest BCUT2D eigenvalue weighted by Crippen LogP contribution is -2.40. The summed E-state index contributed by atoms with van der Waals surface area (Å²) in [5.74, 6) is 0. The fraction of sp³-hybridized carbons (Fsp3) is 0.600. The molecule has 1 aromatic rings. The van der Waals surface area contributed by atoms with Gasteiger partial charge < -0.3 is 14.8 Å². The van der Waals surface area contributed by atoms with Gasteiger partial charge in [0.05, 0.1) is 29.7 Å². The van der Waals surface area contributed by atoms with Crippen molar-refractivity contribution in [1.29, 1.82) is 0 Å². The molecule has 0 spiro atoms. The van der Waals surface area contributed by atoms with Gasteiger partial charge in [-0.25, -0.2) is 0 Å². The molecule has 1 atom stereocenters. The van der Waals surface area contributed by atoms with Gasteiger partial charge in [0.2, 0.25) is 0 Å². The van der Waals surface area contributed by atoms with Crippen LogP contribution in [0.15, 0.2) is 15.9 Å². The van der Waals surface area contributed by atoms with Crippen LogP contribution in [0.3, 0.4) is 0 Å². The molecule has 5 heteroatoms. The average Bonchev–Trinajstić information content (AvgIpc) is 2.66. The van der Waals surface area contributed by atoms with E-state index in [1.54, 1.807) is 11.3 Å². The van der Waals surface area contributed by atoms with E-state index in [2.05, 4.69) is 27.3 Å². The quantitative estimate of drug-likeness (QED) is 0.921. The number of thiophene rings is 1. The molecule has 84 valence electrons. The van der Waals surface area contributed by atoms with Crippen LogP contribution in [0.25, 0.3) is 0 Å². The van der Waals surface area contributed by atoms with Gasteiger partial charge in [-0.3, -0.25) is 0 Å². The molecule has 2 heterocycles. The van der Waals surface area contributed by atoms with E-state index in [0.29, 0.717) is 13.2 Å². The highest BCUT2D eigenvalue weighted by Crippen LogP contribution is 2.22. The van der Waals surface area contributed by atoms with E-state index >= 15 is 0 Å². The Morgan fingerprint density at radius 3 is 3.20 bits per heavy atom. The van der Waals surface area contributed by atoms with Gasteiger partial charge in [-0.15, -0.1) is 11.3 Å². The third kappa shape index (κ3) is 3.85. The Labute approximate surface area is 102 Å². The number of morpholine rings is 1. The fourth-order valence-electron chi connectivity index (χ4n) is 1.45. The smallest absolute Gasteiger partial charge is 0.0933 e. The Kier molecular flexibility index (Phi) is 4.59. The molecular weight excluding hydrogens is 278 g/mol. The van der Waals surface area contributed by atoms with Crippen molar-refractivity contribution < 1.29 is 9.47 Å². The number of ether oxygens (including phenoxy) is 2. The average molecular weight is 292 g/mol. The maximum Gasteiger partial charge on any atom is 0.0933 e. The summed E-state index contributed by atoms with van der Waals surface area (Å²) in [6.07, 6.45) is 0.210. The molecule has 0 bridgehead atoms. The zero-order valence-corrected chi connectivity index (χ0v) is 10.8. The second-order valence-electron chi connectivity index (χ2n) is 3.42. The van der Waals surface area contributed by atoms with Gasteiger partial charge in [-0.1, -0.05) is 0 Å². The van der Waals surface area contributed by atoms with E-state index < -0.39 is 0 Å². The monoisotopic (exact) mass is 291 g/mol. The van der Waals surface area contributed by atoms with E-state index in [0.717, 1.165) is 23.5 Å². The van der Waals surface area contributed by atoms with Crippen molar-refractivity contribution in [2.24, 2.45) is 0 Å². The zero-order valence-electron chi connectivity index (χ0n) is 8.37. The molecule has 1 unspecified atom stereocenters. The molecule has 1 aliphatic heterocycles. The number of hydrogen-bond acceptors (Lipinski definition) is 4. The Morgan fingerprint density at radius 2 is 2.53 bits per heavy atom. The van der Waals surface area contributed by atoms with Crippen LogP contribution in [0.1, 0.15) is 4.88 Å². The SMILES string of the molecule is Brc1ccc(COCC2CNCCO2)s1. The summed E-state index contributed by atoms with van der Waals surface area (Å²) in [4.78, 5) is 1.24. The lowest BCUT2D eigenvalue weighted by atomic mass is 10.3. The minimum atomic E-state index is 0.210. The normalized spacial score (nSPS) is 21.8. The third-order valence-electron chi connectivity index (χ3n) is 2.18. The molecule has 1 aromatic heterocycles. The molecule has 2 rings (SSSR count). The van der Waals surface area contributed by atoms with Crippen LogP contribution < -0.4 is 5.32 Å². The van der Waals surface area contributed by atoms with Gasteiger partial charge in [0.15, 0.2) is 0 Å². The first-order chi connectivity index (χ1) is 7.34. The molecule has 1 saturated heterocycles. The molecule has 1 fully saturated rings. The Bertz CT molecular complexity index is 299. The number of halogens is 1. The summed E-state index contributed by atoms with van der Waals surface area (Å²) in [5.41, 5.74) is 0. The van der Waals surface area contributed by atoms with Crippen LogP contribution >= 0.6 is 27.3 Å². The van der Waals surface area contributed by atoms with E-state index in [1.165, 1.54) is 4.88 Å². The molecule has 1 aliphatic rings. The highest BCUT2D eigenvalue weighted by atomic mass is 79.9. The van der Waals surface area contributed by atoms with Gasteiger partial charge in [0, 0.05) is 18.0 Å². The van der Waals surface area contributed by atoms with Crippen LogP contribution in [-0.2, 0) is 16.1 Å². The first kappa shape index (κ1) is 11.5. The third-order valence-corrected chi connectivity index (χ3v) is 3.78. The summed E-state index contributed by atoms with van der Waals surface area (Å²) in [7, 11) is 0. The first-order valence-electron chi connectivity index (χ1n) is 4.99. The van der Waals surface area contributed by atoms with Crippen molar-refractivity contribution in [3.8, 4) is 0 Å². The van der Waals surface area contributed by atoms with Crippen molar-refractivity contribution in [3.05, 3.63) is 20.8 Å². The van der Waals surface area contributed by atoms with Gasteiger partial charge >= 0.3 is 0 Å². The van der Waals surface area contributed by atoms with Crippen molar-refractivity contribution >= 4 is 27.3 Å². The molecule has 0 radical (unpaired) electrons. The molecule has 1 N–H and O–H groups in total. The number of nitrogens with one attached hydrogen (secondary N) is 1. The van der Waals surface area contributed by atoms with Gasteiger partial charge in [-0.2, -0.15) is 0 Å². The maximum atomic E-state index is 5.60. The van der Waals surface area contributed by atoms with Crippen LogP contribution in [0.4, 0.5) is 0 Å². The maximum absolute atomic E-state index is 5.60. The lowest BCUT2D eigenvalue weighted by molar-refractivity contribution is -0.0352. The highest BCUT2D eigenvalue weighted by Gasteiger charge is 2.13. The van der Waals surface area contributed by atoms with Crippen molar-refractivity contribution in [2.45, 2.75) is 12.7 Å². The van der Waals surface area contributed by atoms with Crippen molar-refractivity contribution in [2.75, 3.05) is 26.3 Å². The van der Waals surface area contributed by atoms with Gasteiger partial charge in [0.1, 0.15) is 0 Å². The number of rotatable bonds is 4. The molecule has 0 aliphatic carbocycles. The van der Waals surface area contributed by atoms with Crippen molar-refractivity contribution in [3.63, 3.8) is 0 Å². The molecular formula is C10H14BrNO2S. The fourth-order valence-corrected chi connectivity index (χ4v) is 2.87. The predicted molar refractivity (Wildman–Crippen MR) is 64.3 cm³/mol. The summed E-state index contributed by atoms with van der Waals surface area (Å²) < 4.78 is 12.3. The van der Waals surface area contributed by atoms with E-state index in [4.69, 9.17) is 9.47 Å². The second-order valence-corrected chi connectivity index (χ2v) is 5.97. The summed E-state index contributed by atoms with van der Waals surface area (Å²) in [5, 5.41) is 3.28. The summed E-state index contributed by atoms with van der Waals surface area (Å²) >= 11 is 5.14. The van der Waals surface area contributed by atoms with Gasteiger partial charge in [0.25, 0.3) is 0 Å². The van der Waals surface area contributed by atoms with Crippen LogP contribution in [0.2, 0.25) is 0 Å². The molecule has 15 heavy (non-hydrogen) atoms. The van der Waals surface area contributed by atoms with E-state index in [9.17, 15) is 0 Å². The standard InChI is InChI=1S/C10H14BrNO2S/c11-10-2-1-9(15-10)7-13-6-8-5-12-3-4-14-8/h1-2,8,12H,3-7H2. The Morgan fingerprint density at radius 1 is 1.60 bits per heavy atom. The largest absolute Gasteiger partial charge is 0.373 e. The van der Waals surface area contributed by atoms with E-state index in [1.807, 2.05) is 6.07 Å². The predicted octanol–water partition coefficient (Wildman–Crippen LogP) is 2.02. The summed E-state index contributed by atoms with van der Waals surface area (Å²) in [6.45, 7) is 3.99. The summed E-state index contributed by atoms with van der Waals surface area (Å²) in [6, 6.07) is 4.12. The molecule has 0 saturated carbocycles. The van der Waals surface area contributed by atoms with Crippen LogP contribution in [0, 0.1) is 0 Å². The Hall–Kier alpha value is 0.0600. The van der Waals surface area contributed by atoms with E-state index in [-0.39, 0.29) is 6.10 Å². The lowest BCUT2D eigenvalue weighted by Gasteiger charge is -2.23. The minimum absolute atomic E-state index is 0.210. The van der Waals surface area contributed by atoms with Crippen LogP contribution in [-0.4, -0.2) is 32.4 Å². The first-order valence-corrected chi connectivity index (χ1v) is 6.60. The van der Waals surface area contributed by atoms with Crippen LogP contribution in [0.5, 0.6) is 0 Å². The highest BCUT2D eigenvalue weighted by molar-refractivity contribution is 9.11.